The Labute approximate surface area is 109 Å². The predicted octanol–water partition coefficient (Wildman–Crippen LogP) is 0.631. The van der Waals surface area contributed by atoms with E-state index in [-0.39, 0.29) is 5.54 Å². The summed E-state index contributed by atoms with van der Waals surface area (Å²) in [6.45, 7) is 6.61. The van der Waals surface area contributed by atoms with Crippen molar-refractivity contribution in [2.24, 2.45) is 5.73 Å². The summed E-state index contributed by atoms with van der Waals surface area (Å²) >= 11 is 0. The molecular weight excluding hydrogens is 230 g/mol. The number of likely N-dealkylation sites (tertiary alicyclic amines) is 1. The van der Waals surface area contributed by atoms with Gasteiger partial charge in [-0.05, 0) is 52.6 Å². The Morgan fingerprint density at radius 1 is 1.50 bits per heavy atom. The molecule has 1 atom stereocenters. The summed E-state index contributed by atoms with van der Waals surface area (Å²) in [5.41, 5.74) is 5.47. The van der Waals surface area contributed by atoms with Crippen molar-refractivity contribution in [3.05, 3.63) is 0 Å². The Hall–Kier alpha value is -1.10. The average Bonchev–Trinajstić information content (AvgIpc) is 2.29. The molecule has 1 aliphatic rings. The third-order valence-electron chi connectivity index (χ3n) is 3.86. The molecule has 1 saturated heterocycles. The first-order chi connectivity index (χ1) is 8.47. The summed E-state index contributed by atoms with van der Waals surface area (Å²) in [6, 6.07) is -0.532. The van der Waals surface area contributed by atoms with Crippen molar-refractivity contribution in [2.75, 3.05) is 13.1 Å². The number of piperidine rings is 1. The molecule has 2 amide bonds. The number of nitrogens with one attached hydrogen (secondary N) is 1. The van der Waals surface area contributed by atoms with E-state index in [0.29, 0.717) is 12.8 Å². The second-order valence-electron chi connectivity index (χ2n) is 5.64. The van der Waals surface area contributed by atoms with E-state index < -0.39 is 11.9 Å². The van der Waals surface area contributed by atoms with E-state index in [2.05, 4.69) is 24.1 Å². The van der Waals surface area contributed by atoms with Crippen LogP contribution in [0.4, 0.5) is 0 Å². The standard InChI is InChI=1S/C13H25N3O2/c1-13(2)7-3-4-8-16(13)9-5-6-11(12(14)18)15-10-17/h10-11H,3-9H2,1-2H3,(H2,14,18)(H,15,17). The van der Waals surface area contributed by atoms with Crippen LogP contribution in [0.15, 0.2) is 0 Å². The van der Waals surface area contributed by atoms with Crippen LogP contribution in [0.5, 0.6) is 0 Å². The lowest BCUT2D eigenvalue weighted by Gasteiger charge is -2.42. The number of hydrogen-bond donors (Lipinski definition) is 2. The van der Waals surface area contributed by atoms with Gasteiger partial charge in [0.25, 0.3) is 0 Å². The molecule has 0 aromatic carbocycles. The van der Waals surface area contributed by atoms with Crippen LogP contribution in [0.2, 0.25) is 0 Å². The van der Waals surface area contributed by atoms with Gasteiger partial charge < -0.3 is 11.1 Å². The first-order valence-electron chi connectivity index (χ1n) is 6.71. The summed E-state index contributed by atoms with van der Waals surface area (Å²) in [5, 5.41) is 2.47. The maximum atomic E-state index is 11.1. The zero-order valence-corrected chi connectivity index (χ0v) is 11.4. The minimum atomic E-state index is -0.532. The molecule has 5 heteroatoms. The van der Waals surface area contributed by atoms with E-state index in [0.717, 1.165) is 19.5 Å². The molecule has 0 spiro atoms. The molecule has 1 heterocycles. The van der Waals surface area contributed by atoms with Crippen LogP contribution in [-0.4, -0.2) is 41.9 Å². The van der Waals surface area contributed by atoms with Crippen LogP contribution in [0, 0.1) is 0 Å². The zero-order valence-electron chi connectivity index (χ0n) is 11.4. The van der Waals surface area contributed by atoms with Crippen molar-refractivity contribution in [3.8, 4) is 0 Å². The molecule has 1 rings (SSSR count). The fraction of sp³-hybridized carbons (Fsp3) is 0.846. The van der Waals surface area contributed by atoms with Gasteiger partial charge in [0.15, 0.2) is 0 Å². The van der Waals surface area contributed by atoms with Gasteiger partial charge in [0.05, 0.1) is 0 Å². The van der Waals surface area contributed by atoms with Gasteiger partial charge in [0, 0.05) is 5.54 Å². The molecule has 3 N–H and O–H groups in total. The topological polar surface area (TPSA) is 75.4 Å². The Morgan fingerprint density at radius 3 is 2.78 bits per heavy atom. The van der Waals surface area contributed by atoms with Gasteiger partial charge in [-0.15, -0.1) is 0 Å². The molecule has 18 heavy (non-hydrogen) atoms. The fourth-order valence-corrected chi connectivity index (χ4v) is 2.61. The maximum absolute atomic E-state index is 11.1. The summed E-state index contributed by atoms with van der Waals surface area (Å²) in [5.74, 6) is -0.458. The number of carbonyl (C=O) groups excluding carboxylic acids is 2. The van der Waals surface area contributed by atoms with Crippen molar-refractivity contribution >= 4 is 12.3 Å². The first kappa shape index (κ1) is 15.0. The molecule has 5 nitrogen and oxygen atoms in total. The lowest BCUT2D eigenvalue weighted by Crippen LogP contribution is -2.48. The highest BCUT2D eigenvalue weighted by Gasteiger charge is 2.29. The minimum absolute atomic E-state index is 0.249. The van der Waals surface area contributed by atoms with Crippen LogP contribution in [-0.2, 0) is 9.59 Å². The third-order valence-corrected chi connectivity index (χ3v) is 3.86. The SMILES string of the molecule is CC1(C)CCCCN1CCCC(NC=O)C(N)=O. The Morgan fingerprint density at radius 2 is 2.22 bits per heavy atom. The van der Waals surface area contributed by atoms with Crippen LogP contribution in [0.3, 0.4) is 0 Å². The largest absolute Gasteiger partial charge is 0.368 e. The monoisotopic (exact) mass is 255 g/mol. The van der Waals surface area contributed by atoms with Gasteiger partial charge >= 0.3 is 0 Å². The number of amides is 2. The third kappa shape index (κ3) is 4.29. The van der Waals surface area contributed by atoms with Crippen LogP contribution >= 0.6 is 0 Å². The Kier molecular flexibility index (Phi) is 5.59. The van der Waals surface area contributed by atoms with Gasteiger partial charge in [-0.25, -0.2) is 0 Å². The number of nitrogens with zero attached hydrogens (tertiary/aromatic N) is 1. The molecule has 1 unspecified atom stereocenters. The molecule has 0 aliphatic carbocycles. The average molecular weight is 255 g/mol. The number of hydrogen-bond acceptors (Lipinski definition) is 3. The highest BCUT2D eigenvalue weighted by atomic mass is 16.2. The number of primary amides is 1. The lowest BCUT2D eigenvalue weighted by atomic mass is 9.90. The first-order valence-corrected chi connectivity index (χ1v) is 6.71. The second kappa shape index (κ2) is 6.73. The molecule has 1 fully saturated rings. The van der Waals surface area contributed by atoms with Crippen molar-refractivity contribution in [3.63, 3.8) is 0 Å². The molecule has 0 saturated carbocycles. The summed E-state index contributed by atoms with van der Waals surface area (Å²) < 4.78 is 0. The number of rotatable bonds is 7. The highest BCUT2D eigenvalue weighted by Crippen LogP contribution is 2.27. The van der Waals surface area contributed by atoms with Crippen LogP contribution in [0.25, 0.3) is 0 Å². The predicted molar refractivity (Wildman–Crippen MR) is 70.9 cm³/mol. The highest BCUT2D eigenvalue weighted by molar-refractivity contribution is 5.81. The molecule has 1 aliphatic heterocycles. The number of carbonyl (C=O) groups is 2. The van der Waals surface area contributed by atoms with Crippen molar-refractivity contribution in [2.45, 2.75) is 57.5 Å². The van der Waals surface area contributed by atoms with E-state index in [4.69, 9.17) is 5.73 Å². The van der Waals surface area contributed by atoms with Crippen molar-refractivity contribution < 1.29 is 9.59 Å². The second-order valence-corrected chi connectivity index (χ2v) is 5.64. The molecule has 0 aromatic rings. The molecule has 0 aromatic heterocycles. The van der Waals surface area contributed by atoms with Gasteiger partial charge in [-0.2, -0.15) is 0 Å². The van der Waals surface area contributed by atoms with E-state index >= 15 is 0 Å². The summed E-state index contributed by atoms with van der Waals surface area (Å²) in [7, 11) is 0. The zero-order chi connectivity index (χ0) is 13.6. The van der Waals surface area contributed by atoms with Gasteiger partial charge in [-0.1, -0.05) is 6.42 Å². The van der Waals surface area contributed by atoms with Crippen molar-refractivity contribution in [1.29, 1.82) is 0 Å². The van der Waals surface area contributed by atoms with E-state index in [1.807, 2.05) is 0 Å². The molecule has 0 radical (unpaired) electrons. The molecule has 0 bridgehead atoms. The smallest absolute Gasteiger partial charge is 0.239 e. The van der Waals surface area contributed by atoms with Crippen LogP contribution in [0.1, 0.15) is 46.0 Å². The fourth-order valence-electron chi connectivity index (χ4n) is 2.61. The maximum Gasteiger partial charge on any atom is 0.239 e. The quantitative estimate of drug-likeness (QED) is 0.655. The van der Waals surface area contributed by atoms with Crippen LogP contribution < -0.4 is 11.1 Å². The number of nitrogens with two attached hydrogens (primary N) is 1. The van der Waals surface area contributed by atoms with Gasteiger partial charge in [0.2, 0.25) is 12.3 Å². The normalized spacial score (nSPS) is 21.2. The Bertz CT molecular complexity index is 292. The van der Waals surface area contributed by atoms with Gasteiger partial charge in [-0.3, -0.25) is 14.5 Å². The van der Waals surface area contributed by atoms with Crippen molar-refractivity contribution in [1.82, 2.24) is 10.2 Å². The van der Waals surface area contributed by atoms with E-state index in [1.165, 1.54) is 19.3 Å². The molecule has 104 valence electrons. The lowest BCUT2D eigenvalue weighted by molar-refractivity contribution is -0.122. The summed E-state index contributed by atoms with van der Waals surface area (Å²) in [6.07, 6.45) is 5.78. The van der Waals surface area contributed by atoms with Gasteiger partial charge in [0.1, 0.15) is 6.04 Å². The Balaban J connectivity index is 2.35. The molecular formula is C13H25N3O2. The van der Waals surface area contributed by atoms with E-state index in [1.54, 1.807) is 0 Å². The summed E-state index contributed by atoms with van der Waals surface area (Å²) in [4.78, 5) is 23.9. The van der Waals surface area contributed by atoms with E-state index in [9.17, 15) is 9.59 Å². The minimum Gasteiger partial charge on any atom is -0.368 e.